The van der Waals surface area contributed by atoms with Crippen molar-refractivity contribution < 1.29 is 4.79 Å². The van der Waals surface area contributed by atoms with Crippen LogP contribution in [-0.2, 0) is 11.2 Å². The number of benzene rings is 1. The van der Waals surface area contributed by atoms with Crippen molar-refractivity contribution in [1.82, 2.24) is 14.5 Å². The number of imidazole rings is 1. The highest BCUT2D eigenvalue weighted by Gasteiger charge is 2.18. The monoisotopic (exact) mass is 285 g/mol. The molecule has 2 heterocycles. The highest BCUT2D eigenvalue weighted by Crippen LogP contribution is 2.22. The number of hydrogen-bond donors (Lipinski definition) is 0. The third-order valence-electron chi connectivity index (χ3n) is 4.26. The van der Waals surface area contributed by atoms with Gasteiger partial charge in [0.15, 0.2) is 0 Å². The molecule has 21 heavy (non-hydrogen) atoms. The van der Waals surface area contributed by atoms with Crippen LogP contribution < -0.4 is 0 Å². The van der Waals surface area contributed by atoms with Gasteiger partial charge in [0, 0.05) is 19.1 Å². The van der Waals surface area contributed by atoms with E-state index in [1.807, 2.05) is 11.8 Å². The van der Waals surface area contributed by atoms with Crippen LogP contribution in [0.2, 0.25) is 0 Å². The molecule has 4 nitrogen and oxygen atoms in total. The van der Waals surface area contributed by atoms with Crippen molar-refractivity contribution in [3.63, 3.8) is 0 Å². The Morgan fingerprint density at radius 3 is 2.67 bits per heavy atom. The van der Waals surface area contributed by atoms with Crippen LogP contribution in [0.4, 0.5) is 0 Å². The lowest BCUT2D eigenvalue weighted by molar-refractivity contribution is -0.129. The average Bonchev–Trinajstić information content (AvgIpc) is 3.04. The van der Waals surface area contributed by atoms with E-state index in [1.54, 1.807) is 0 Å². The minimum absolute atomic E-state index is 0.242. The van der Waals surface area contributed by atoms with Crippen LogP contribution in [0.1, 0.15) is 44.1 Å². The maximum Gasteiger partial charge on any atom is 0.226 e. The zero-order valence-electron chi connectivity index (χ0n) is 13.1. The fraction of sp³-hybridized carbons (Fsp3) is 0.529. The van der Waals surface area contributed by atoms with E-state index in [9.17, 15) is 4.79 Å². The second-order valence-electron chi connectivity index (χ2n) is 6.21. The summed E-state index contributed by atoms with van der Waals surface area (Å²) in [4.78, 5) is 18.8. The summed E-state index contributed by atoms with van der Waals surface area (Å²) in [5, 5.41) is 0. The molecular formula is C17H23N3O. The van der Waals surface area contributed by atoms with Crippen LogP contribution >= 0.6 is 0 Å². The number of aromatic nitrogens is 2. The van der Waals surface area contributed by atoms with Crippen LogP contribution in [0.5, 0.6) is 0 Å². The molecule has 0 N–H and O–H groups in total. The highest BCUT2D eigenvalue weighted by molar-refractivity contribution is 5.82. The molecule has 4 heteroatoms. The van der Waals surface area contributed by atoms with Gasteiger partial charge in [-0.3, -0.25) is 4.79 Å². The largest absolute Gasteiger partial charge is 0.342 e. The summed E-state index contributed by atoms with van der Waals surface area (Å²) < 4.78 is 2.24. The quantitative estimate of drug-likeness (QED) is 0.869. The molecule has 1 amide bonds. The van der Waals surface area contributed by atoms with E-state index in [0.29, 0.717) is 12.5 Å². The first kappa shape index (κ1) is 14.1. The normalized spacial score (nSPS) is 15.3. The Kier molecular flexibility index (Phi) is 3.70. The molecule has 2 aromatic rings. The van der Waals surface area contributed by atoms with Gasteiger partial charge >= 0.3 is 0 Å². The summed E-state index contributed by atoms with van der Waals surface area (Å²) in [5.74, 6) is 1.27. The van der Waals surface area contributed by atoms with E-state index in [2.05, 4.69) is 41.6 Å². The third kappa shape index (κ3) is 2.67. The molecule has 1 aromatic heterocycles. The second-order valence-corrected chi connectivity index (χ2v) is 6.21. The lowest BCUT2D eigenvalue weighted by Gasteiger charge is -2.15. The lowest BCUT2D eigenvalue weighted by atomic mass is 10.1. The van der Waals surface area contributed by atoms with E-state index in [0.717, 1.165) is 48.4 Å². The smallest absolute Gasteiger partial charge is 0.226 e. The van der Waals surface area contributed by atoms with Crippen LogP contribution in [0, 0.1) is 6.92 Å². The molecule has 1 aliphatic heterocycles. The Morgan fingerprint density at radius 2 is 2.00 bits per heavy atom. The van der Waals surface area contributed by atoms with Crippen LogP contribution in [0.3, 0.4) is 0 Å². The maximum atomic E-state index is 12.2. The minimum atomic E-state index is 0.242. The summed E-state index contributed by atoms with van der Waals surface area (Å²) in [5.41, 5.74) is 3.21. The van der Waals surface area contributed by atoms with Crippen LogP contribution in [0.15, 0.2) is 18.2 Å². The van der Waals surface area contributed by atoms with Crippen molar-refractivity contribution in [3.8, 4) is 0 Å². The fourth-order valence-electron chi connectivity index (χ4n) is 3.28. The summed E-state index contributed by atoms with van der Waals surface area (Å²) in [6, 6.07) is 6.63. The number of hydrogen-bond acceptors (Lipinski definition) is 2. The van der Waals surface area contributed by atoms with E-state index in [1.165, 1.54) is 0 Å². The van der Waals surface area contributed by atoms with Gasteiger partial charge in [-0.2, -0.15) is 0 Å². The number of carbonyl (C=O) groups excluding carboxylic acids is 1. The Balaban J connectivity index is 1.86. The molecule has 0 atom stereocenters. The predicted molar refractivity (Wildman–Crippen MR) is 84.4 cm³/mol. The van der Waals surface area contributed by atoms with Gasteiger partial charge < -0.3 is 9.47 Å². The zero-order chi connectivity index (χ0) is 15.0. The van der Waals surface area contributed by atoms with Crippen molar-refractivity contribution in [2.45, 2.75) is 46.1 Å². The standard InChI is InChI=1S/C17H23N3O/c1-12(2)20-13(3)18-15-10-14(6-7-16(15)20)11-17(21)19-8-4-5-9-19/h6-7,10,12H,4-5,8-9,11H2,1-3H3. The van der Waals surface area contributed by atoms with E-state index < -0.39 is 0 Å². The Morgan fingerprint density at radius 1 is 1.29 bits per heavy atom. The lowest BCUT2D eigenvalue weighted by Crippen LogP contribution is -2.29. The van der Waals surface area contributed by atoms with E-state index in [4.69, 9.17) is 0 Å². The first-order chi connectivity index (χ1) is 10.1. The van der Waals surface area contributed by atoms with Gasteiger partial charge in [-0.15, -0.1) is 0 Å². The van der Waals surface area contributed by atoms with Gasteiger partial charge in [0.1, 0.15) is 5.82 Å². The fourth-order valence-corrected chi connectivity index (χ4v) is 3.28. The molecular weight excluding hydrogens is 262 g/mol. The molecule has 112 valence electrons. The molecule has 0 saturated carbocycles. The van der Waals surface area contributed by atoms with Gasteiger partial charge in [-0.05, 0) is 51.3 Å². The molecule has 0 bridgehead atoms. The number of likely N-dealkylation sites (tertiary alicyclic amines) is 1. The van der Waals surface area contributed by atoms with Gasteiger partial charge in [0.2, 0.25) is 5.91 Å². The molecule has 0 aliphatic carbocycles. The van der Waals surface area contributed by atoms with Gasteiger partial charge in [-0.25, -0.2) is 4.98 Å². The van der Waals surface area contributed by atoms with Gasteiger partial charge in [0.05, 0.1) is 17.5 Å². The molecule has 3 rings (SSSR count). The van der Waals surface area contributed by atoms with Crippen molar-refractivity contribution in [3.05, 3.63) is 29.6 Å². The van der Waals surface area contributed by atoms with Crippen molar-refractivity contribution in [2.24, 2.45) is 0 Å². The van der Waals surface area contributed by atoms with Gasteiger partial charge in [0.25, 0.3) is 0 Å². The number of carbonyl (C=O) groups is 1. The van der Waals surface area contributed by atoms with Crippen LogP contribution in [0.25, 0.3) is 11.0 Å². The van der Waals surface area contributed by atoms with Crippen molar-refractivity contribution in [2.75, 3.05) is 13.1 Å². The first-order valence-corrected chi connectivity index (χ1v) is 7.81. The number of fused-ring (bicyclic) bond motifs is 1. The highest BCUT2D eigenvalue weighted by atomic mass is 16.2. The average molecular weight is 285 g/mol. The molecule has 1 aromatic carbocycles. The molecule has 1 aliphatic rings. The summed E-state index contributed by atoms with van der Waals surface area (Å²) >= 11 is 0. The third-order valence-corrected chi connectivity index (χ3v) is 4.26. The number of aryl methyl sites for hydroxylation is 1. The minimum Gasteiger partial charge on any atom is -0.342 e. The Bertz CT molecular complexity index is 666. The summed E-state index contributed by atoms with van der Waals surface area (Å²) in [6.45, 7) is 8.21. The van der Waals surface area contributed by atoms with E-state index >= 15 is 0 Å². The predicted octanol–water partition coefficient (Wildman–Crippen LogP) is 3.09. The maximum absolute atomic E-state index is 12.2. The number of rotatable bonds is 3. The van der Waals surface area contributed by atoms with Crippen molar-refractivity contribution >= 4 is 16.9 Å². The molecule has 0 unspecified atom stereocenters. The van der Waals surface area contributed by atoms with Gasteiger partial charge in [-0.1, -0.05) is 6.07 Å². The molecule has 1 fully saturated rings. The summed E-state index contributed by atoms with van der Waals surface area (Å²) in [6.07, 6.45) is 2.77. The topological polar surface area (TPSA) is 38.1 Å². The second kappa shape index (κ2) is 5.51. The Hall–Kier alpha value is -1.84. The van der Waals surface area contributed by atoms with Crippen molar-refractivity contribution in [1.29, 1.82) is 0 Å². The number of amides is 1. The molecule has 1 saturated heterocycles. The Labute approximate surface area is 125 Å². The van der Waals surface area contributed by atoms with E-state index in [-0.39, 0.29) is 5.91 Å². The first-order valence-electron chi connectivity index (χ1n) is 7.81. The zero-order valence-corrected chi connectivity index (χ0v) is 13.1. The van der Waals surface area contributed by atoms with Crippen LogP contribution in [-0.4, -0.2) is 33.4 Å². The SMILES string of the molecule is Cc1nc2cc(CC(=O)N3CCCC3)ccc2n1C(C)C. The summed E-state index contributed by atoms with van der Waals surface area (Å²) in [7, 11) is 0. The molecule has 0 radical (unpaired) electrons. The molecule has 0 spiro atoms. The number of nitrogens with zero attached hydrogens (tertiary/aromatic N) is 3.